The van der Waals surface area contributed by atoms with Crippen LogP contribution in [-0.2, 0) is 20.3 Å². The van der Waals surface area contributed by atoms with Crippen LogP contribution < -0.4 is 10.6 Å². The van der Waals surface area contributed by atoms with Crippen molar-refractivity contribution in [2.45, 2.75) is 38.5 Å². The summed E-state index contributed by atoms with van der Waals surface area (Å²) in [6, 6.07) is 19.5. The van der Waals surface area contributed by atoms with Gasteiger partial charge in [0.2, 0.25) is 0 Å². The molecule has 0 aliphatic heterocycles. The minimum absolute atomic E-state index is 0. The Morgan fingerprint density at radius 2 is 1.66 bits per heavy atom. The van der Waals surface area contributed by atoms with Crippen molar-refractivity contribution < 1.29 is 13.2 Å². The highest BCUT2D eigenvalue weighted by Gasteiger charge is 2.11. The van der Waals surface area contributed by atoms with Gasteiger partial charge in [0.1, 0.15) is 0 Å². The second-order valence-electron chi connectivity index (χ2n) is 7.40. The SMILES string of the molecule is CCNC(=NCCCS(=O)(=O)Cc1ccccc1)NCCCOC(C)c1ccccc1.I. The van der Waals surface area contributed by atoms with Crippen molar-refractivity contribution in [3.8, 4) is 0 Å². The number of ether oxygens (including phenoxy) is 1. The standard InChI is InChI=1S/C24H35N3O3S.HI/c1-3-25-24(26-16-10-18-30-21(2)23-14-8-5-9-15-23)27-17-11-19-31(28,29)20-22-12-6-4-7-13-22;/h4-9,12-15,21H,3,10-11,16-20H2,1-2H3,(H2,25,26,27);1H. The molecule has 0 saturated carbocycles. The van der Waals surface area contributed by atoms with E-state index in [1.807, 2.05) is 55.5 Å². The van der Waals surface area contributed by atoms with E-state index in [0.717, 1.165) is 25.1 Å². The fourth-order valence-corrected chi connectivity index (χ4v) is 4.49. The molecule has 1 unspecified atom stereocenters. The highest BCUT2D eigenvalue weighted by molar-refractivity contribution is 14.0. The summed E-state index contributed by atoms with van der Waals surface area (Å²) in [5.41, 5.74) is 2.00. The van der Waals surface area contributed by atoms with Crippen molar-refractivity contribution in [1.82, 2.24) is 10.6 Å². The third-order valence-corrected chi connectivity index (χ3v) is 6.39. The molecule has 6 nitrogen and oxygen atoms in total. The molecule has 0 aliphatic carbocycles. The number of hydrogen-bond donors (Lipinski definition) is 2. The van der Waals surface area contributed by atoms with Crippen molar-refractivity contribution in [2.24, 2.45) is 4.99 Å². The molecule has 8 heteroatoms. The van der Waals surface area contributed by atoms with E-state index in [1.165, 1.54) is 5.56 Å². The first-order chi connectivity index (χ1) is 15.0. The third-order valence-electron chi connectivity index (χ3n) is 4.71. The van der Waals surface area contributed by atoms with Crippen molar-refractivity contribution in [3.05, 3.63) is 71.8 Å². The van der Waals surface area contributed by atoms with Gasteiger partial charge in [-0.25, -0.2) is 8.42 Å². The normalized spacial score (nSPS) is 12.6. The number of halogens is 1. The predicted octanol–water partition coefficient (Wildman–Crippen LogP) is 4.33. The van der Waals surface area contributed by atoms with Crippen LogP contribution in [0.1, 0.15) is 43.9 Å². The second-order valence-corrected chi connectivity index (χ2v) is 9.58. The van der Waals surface area contributed by atoms with E-state index in [0.29, 0.717) is 25.5 Å². The molecule has 2 aromatic carbocycles. The predicted molar refractivity (Wildman–Crippen MR) is 143 cm³/mol. The van der Waals surface area contributed by atoms with Crippen LogP contribution in [0.4, 0.5) is 0 Å². The van der Waals surface area contributed by atoms with Gasteiger partial charge in [0, 0.05) is 26.2 Å². The zero-order chi connectivity index (χ0) is 22.4. The minimum Gasteiger partial charge on any atom is -0.374 e. The maximum atomic E-state index is 12.3. The molecule has 1 atom stereocenters. The van der Waals surface area contributed by atoms with Crippen LogP contribution in [0.5, 0.6) is 0 Å². The minimum atomic E-state index is -3.13. The number of guanidine groups is 1. The van der Waals surface area contributed by atoms with Crippen LogP contribution in [-0.4, -0.2) is 46.4 Å². The average molecular weight is 574 g/mol. The summed E-state index contributed by atoms with van der Waals surface area (Å²) in [6.45, 7) is 6.66. The molecule has 0 spiro atoms. The molecule has 0 radical (unpaired) electrons. The number of aliphatic imine (C=N–C) groups is 1. The van der Waals surface area contributed by atoms with E-state index in [9.17, 15) is 8.42 Å². The second kappa shape index (κ2) is 16.0. The number of nitrogens with one attached hydrogen (secondary N) is 2. The Morgan fingerprint density at radius 1 is 1.00 bits per heavy atom. The summed E-state index contributed by atoms with van der Waals surface area (Å²) in [6.07, 6.45) is 1.43. The number of rotatable bonds is 13. The first-order valence-electron chi connectivity index (χ1n) is 10.9. The van der Waals surface area contributed by atoms with E-state index in [4.69, 9.17) is 4.74 Å². The van der Waals surface area contributed by atoms with Crippen molar-refractivity contribution in [3.63, 3.8) is 0 Å². The van der Waals surface area contributed by atoms with Crippen LogP contribution in [0.25, 0.3) is 0 Å². The van der Waals surface area contributed by atoms with Crippen LogP contribution in [0.3, 0.4) is 0 Å². The first-order valence-corrected chi connectivity index (χ1v) is 12.8. The summed E-state index contributed by atoms with van der Waals surface area (Å²) < 4.78 is 30.4. The Kier molecular flexibility index (Phi) is 14.2. The van der Waals surface area contributed by atoms with E-state index in [-0.39, 0.29) is 41.6 Å². The summed E-state index contributed by atoms with van der Waals surface area (Å²) in [5, 5.41) is 6.48. The van der Waals surface area contributed by atoms with Gasteiger partial charge in [-0.15, -0.1) is 24.0 Å². The lowest BCUT2D eigenvalue weighted by atomic mass is 10.1. The lowest BCUT2D eigenvalue weighted by molar-refractivity contribution is 0.0646. The molecule has 0 bridgehead atoms. The van der Waals surface area contributed by atoms with Crippen LogP contribution >= 0.6 is 24.0 Å². The number of nitrogens with zero attached hydrogens (tertiary/aromatic N) is 1. The van der Waals surface area contributed by atoms with Crippen molar-refractivity contribution >= 4 is 39.8 Å². The Morgan fingerprint density at radius 3 is 2.31 bits per heavy atom. The molecule has 2 rings (SSSR count). The quantitative estimate of drug-likeness (QED) is 0.162. The molecule has 0 heterocycles. The van der Waals surface area contributed by atoms with Gasteiger partial charge in [-0.1, -0.05) is 60.7 Å². The Labute approximate surface area is 210 Å². The molecule has 178 valence electrons. The summed E-state index contributed by atoms with van der Waals surface area (Å²) in [7, 11) is -3.13. The van der Waals surface area contributed by atoms with Gasteiger partial charge in [0.25, 0.3) is 0 Å². The maximum Gasteiger partial charge on any atom is 0.191 e. The molecule has 0 fully saturated rings. The lowest BCUT2D eigenvalue weighted by Crippen LogP contribution is -2.38. The third kappa shape index (κ3) is 11.8. The van der Waals surface area contributed by atoms with E-state index in [2.05, 4.69) is 34.7 Å². The Hall–Kier alpha value is -1.65. The van der Waals surface area contributed by atoms with Gasteiger partial charge in [0.15, 0.2) is 15.8 Å². The maximum absolute atomic E-state index is 12.3. The van der Waals surface area contributed by atoms with Crippen LogP contribution in [0.2, 0.25) is 0 Å². The fourth-order valence-electron chi connectivity index (χ4n) is 3.08. The fraction of sp³-hybridized carbons (Fsp3) is 0.458. The lowest BCUT2D eigenvalue weighted by Gasteiger charge is -2.14. The van der Waals surface area contributed by atoms with Gasteiger partial charge < -0.3 is 15.4 Å². The average Bonchev–Trinajstić information content (AvgIpc) is 2.77. The van der Waals surface area contributed by atoms with Gasteiger partial charge in [-0.05, 0) is 37.8 Å². The number of benzene rings is 2. The highest BCUT2D eigenvalue weighted by atomic mass is 127. The zero-order valence-electron chi connectivity index (χ0n) is 19.0. The smallest absolute Gasteiger partial charge is 0.191 e. The molecule has 0 aliphatic rings. The molecular weight excluding hydrogens is 537 g/mol. The van der Waals surface area contributed by atoms with Crippen molar-refractivity contribution in [2.75, 3.05) is 32.0 Å². The van der Waals surface area contributed by atoms with Gasteiger partial charge in [-0.3, -0.25) is 4.99 Å². The Bertz CT molecular complexity index is 878. The van der Waals surface area contributed by atoms with E-state index in [1.54, 1.807) is 0 Å². The zero-order valence-corrected chi connectivity index (χ0v) is 22.1. The van der Waals surface area contributed by atoms with Crippen LogP contribution in [0, 0.1) is 0 Å². The van der Waals surface area contributed by atoms with Gasteiger partial charge in [-0.2, -0.15) is 0 Å². The van der Waals surface area contributed by atoms with Crippen LogP contribution in [0.15, 0.2) is 65.7 Å². The molecule has 2 N–H and O–H groups in total. The summed E-state index contributed by atoms with van der Waals surface area (Å²) in [5.74, 6) is 0.923. The highest BCUT2D eigenvalue weighted by Crippen LogP contribution is 2.15. The van der Waals surface area contributed by atoms with E-state index < -0.39 is 9.84 Å². The largest absolute Gasteiger partial charge is 0.374 e. The van der Waals surface area contributed by atoms with Gasteiger partial charge in [0.05, 0.1) is 17.6 Å². The number of sulfone groups is 1. The molecule has 0 saturated heterocycles. The summed E-state index contributed by atoms with van der Waals surface area (Å²) >= 11 is 0. The monoisotopic (exact) mass is 573 g/mol. The molecule has 0 aromatic heterocycles. The topological polar surface area (TPSA) is 79.8 Å². The molecule has 32 heavy (non-hydrogen) atoms. The van der Waals surface area contributed by atoms with Gasteiger partial charge >= 0.3 is 0 Å². The van der Waals surface area contributed by atoms with Crippen molar-refractivity contribution in [1.29, 1.82) is 0 Å². The Balaban J connectivity index is 0.00000512. The first kappa shape index (κ1) is 28.4. The van der Waals surface area contributed by atoms with E-state index >= 15 is 0 Å². The summed E-state index contributed by atoms with van der Waals surface area (Å²) in [4.78, 5) is 4.49. The number of hydrogen-bond acceptors (Lipinski definition) is 4. The molecule has 0 amide bonds. The molecular formula is C24H36IN3O3S. The molecule has 2 aromatic rings.